The van der Waals surface area contributed by atoms with E-state index in [9.17, 15) is 9.13 Å². The molecule has 0 saturated heterocycles. The van der Waals surface area contributed by atoms with Crippen molar-refractivity contribution in [3.8, 4) is 0 Å². The fourth-order valence-corrected chi connectivity index (χ4v) is 2.25. The Kier molecular flexibility index (Phi) is 15.5. The third-order valence-electron chi connectivity index (χ3n) is 1.92. The summed E-state index contributed by atoms with van der Waals surface area (Å²) in [6.45, 7) is 6.38. The highest BCUT2D eigenvalue weighted by molar-refractivity contribution is 7.47. The van der Waals surface area contributed by atoms with E-state index in [2.05, 4.69) is 16.0 Å². The second kappa shape index (κ2) is 13.9. The van der Waals surface area contributed by atoms with Gasteiger partial charge in [-0.3, -0.25) is 13.6 Å². The van der Waals surface area contributed by atoms with Gasteiger partial charge >= 0.3 is 15.6 Å². The van der Waals surface area contributed by atoms with Crippen molar-refractivity contribution in [2.45, 2.75) is 52.9 Å². The number of rotatable bonds is 11. The molecule has 1 atom stereocenters. The summed E-state index contributed by atoms with van der Waals surface area (Å²) in [6, 6.07) is 0. The number of phosphoric ester groups is 2. The average molecular weight is 350 g/mol. The van der Waals surface area contributed by atoms with Crippen LogP contribution in [0.3, 0.4) is 0 Å². The van der Waals surface area contributed by atoms with E-state index in [4.69, 9.17) is 19.2 Å². The van der Waals surface area contributed by atoms with Crippen LogP contribution in [0.2, 0.25) is 0 Å². The summed E-state index contributed by atoms with van der Waals surface area (Å²) < 4.78 is 34.3. The molecule has 0 spiro atoms. The highest BCUT2D eigenvalue weighted by Gasteiger charge is 2.19. The molecule has 3 N–H and O–H groups in total. The standard InChI is InChI=1S/C8H19O4P.C3H9O4P/c1-3-5-6-8-12-13(9,10)11-7-4-2;1-2-3-7-8(4,5)6/h3-8H2,1-2H3,(H,9,10);2-3H2,1H3,(H2,4,5,6). The van der Waals surface area contributed by atoms with E-state index in [0.29, 0.717) is 19.4 Å². The summed E-state index contributed by atoms with van der Waals surface area (Å²) in [4.78, 5) is 25.1. The monoisotopic (exact) mass is 350 g/mol. The van der Waals surface area contributed by atoms with Gasteiger partial charge in [0.2, 0.25) is 0 Å². The lowest BCUT2D eigenvalue weighted by atomic mass is 10.3. The van der Waals surface area contributed by atoms with Crippen molar-refractivity contribution in [1.29, 1.82) is 0 Å². The van der Waals surface area contributed by atoms with Crippen LogP contribution in [0.15, 0.2) is 0 Å². The van der Waals surface area contributed by atoms with Crippen LogP contribution in [0.5, 0.6) is 0 Å². The van der Waals surface area contributed by atoms with E-state index >= 15 is 0 Å². The Morgan fingerprint density at radius 1 is 0.714 bits per heavy atom. The first-order valence-electron chi connectivity index (χ1n) is 7.00. The van der Waals surface area contributed by atoms with Crippen LogP contribution in [0.25, 0.3) is 0 Å². The normalized spacial score (nSPS) is 14.2. The molecule has 0 amide bonds. The molecule has 21 heavy (non-hydrogen) atoms. The van der Waals surface area contributed by atoms with E-state index < -0.39 is 15.6 Å². The second-order valence-electron chi connectivity index (χ2n) is 4.17. The lowest BCUT2D eigenvalue weighted by molar-refractivity contribution is 0.147. The molecule has 0 aliphatic carbocycles. The maximum Gasteiger partial charge on any atom is 0.472 e. The highest BCUT2D eigenvalue weighted by Crippen LogP contribution is 2.43. The maximum atomic E-state index is 11.0. The number of unbranched alkanes of at least 4 members (excludes halogenated alkanes) is 2. The predicted molar refractivity (Wildman–Crippen MR) is 79.8 cm³/mol. The van der Waals surface area contributed by atoms with Crippen molar-refractivity contribution in [1.82, 2.24) is 0 Å². The lowest BCUT2D eigenvalue weighted by Crippen LogP contribution is -1.97. The predicted octanol–water partition coefficient (Wildman–Crippen LogP) is 3.23. The molecule has 1 unspecified atom stereocenters. The van der Waals surface area contributed by atoms with Crippen molar-refractivity contribution in [3.05, 3.63) is 0 Å². The smallest absolute Gasteiger partial charge is 0.303 e. The van der Waals surface area contributed by atoms with Gasteiger partial charge in [0.15, 0.2) is 0 Å². The zero-order valence-electron chi connectivity index (χ0n) is 12.9. The van der Waals surface area contributed by atoms with Gasteiger partial charge in [-0.05, 0) is 19.3 Å². The molecule has 130 valence electrons. The first-order valence-corrected chi connectivity index (χ1v) is 10.0. The summed E-state index contributed by atoms with van der Waals surface area (Å²) in [5.74, 6) is 0. The zero-order chi connectivity index (χ0) is 16.8. The summed E-state index contributed by atoms with van der Waals surface area (Å²) in [5, 5.41) is 0. The Balaban J connectivity index is 0. The molecule has 0 aliphatic rings. The Labute approximate surface area is 126 Å². The summed E-state index contributed by atoms with van der Waals surface area (Å²) in [5.41, 5.74) is 0. The minimum atomic E-state index is -4.18. The van der Waals surface area contributed by atoms with E-state index in [-0.39, 0.29) is 13.2 Å². The fourth-order valence-electron chi connectivity index (χ4n) is 0.986. The molecule has 0 aromatic heterocycles. The van der Waals surface area contributed by atoms with Gasteiger partial charge in [0.05, 0.1) is 19.8 Å². The van der Waals surface area contributed by atoms with Gasteiger partial charge in [-0.25, -0.2) is 9.13 Å². The molecule has 0 bridgehead atoms. The van der Waals surface area contributed by atoms with E-state index in [1.54, 1.807) is 6.92 Å². The van der Waals surface area contributed by atoms with Crippen LogP contribution in [0, 0.1) is 0 Å². The quantitative estimate of drug-likeness (QED) is 0.383. The maximum absolute atomic E-state index is 11.0. The van der Waals surface area contributed by atoms with Crippen molar-refractivity contribution in [3.63, 3.8) is 0 Å². The molecule has 8 nitrogen and oxygen atoms in total. The SMILES string of the molecule is CCCCCOP(=O)(O)OCCC.CCCOP(=O)(O)O. The Morgan fingerprint density at radius 2 is 1.19 bits per heavy atom. The lowest BCUT2D eigenvalue weighted by Gasteiger charge is -2.10. The topological polar surface area (TPSA) is 123 Å². The molecular weight excluding hydrogens is 322 g/mol. The van der Waals surface area contributed by atoms with E-state index in [1.165, 1.54) is 0 Å². The highest BCUT2D eigenvalue weighted by atomic mass is 31.2. The summed E-state index contributed by atoms with van der Waals surface area (Å²) >= 11 is 0. The molecule has 0 aliphatic heterocycles. The largest absolute Gasteiger partial charge is 0.472 e. The van der Waals surface area contributed by atoms with E-state index in [1.807, 2.05) is 6.92 Å². The molecule has 0 radical (unpaired) electrons. The van der Waals surface area contributed by atoms with Crippen molar-refractivity contribution < 1.29 is 37.4 Å². The molecule has 10 heteroatoms. The summed E-state index contributed by atoms with van der Waals surface area (Å²) in [7, 11) is -7.93. The van der Waals surface area contributed by atoms with Gasteiger partial charge < -0.3 is 14.7 Å². The molecule has 0 heterocycles. The second-order valence-corrected chi connectivity index (χ2v) is 6.86. The number of phosphoric acid groups is 2. The minimum absolute atomic E-state index is 0.115. The molecule has 0 fully saturated rings. The van der Waals surface area contributed by atoms with Gasteiger partial charge in [-0.2, -0.15) is 0 Å². The van der Waals surface area contributed by atoms with Gasteiger partial charge in [-0.15, -0.1) is 0 Å². The zero-order valence-corrected chi connectivity index (χ0v) is 14.7. The molecule has 0 rings (SSSR count). The van der Waals surface area contributed by atoms with Crippen molar-refractivity contribution in [2.24, 2.45) is 0 Å². The minimum Gasteiger partial charge on any atom is -0.303 e. The molecule has 0 aromatic carbocycles. The van der Waals surface area contributed by atoms with Crippen LogP contribution in [-0.2, 0) is 22.7 Å². The third-order valence-corrected chi connectivity index (χ3v) is 3.46. The average Bonchev–Trinajstić information content (AvgIpc) is 2.39. The number of hydrogen-bond acceptors (Lipinski definition) is 5. The fraction of sp³-hybridized carbons (Fsp3) is 1.00. The Morgan fingerprint density at radius 3 is 1.57 bits per heavy atom. The van der Waals surface area contributed by atoms with Crippen LogP contribution in [-0.4, -0.2) is 34.5 Å². The Hall–Kier alpha value is 0.220. The van der Waals surface area contributed by atoms with Crippen LogP contribution in [0.4, 0.5) is 0 Å². The van der Waals surface area contributed by atoms with Crippen molar-refractivity contribution >= 4 is 15.6 Å². The molecular formula is C11H28O8P2. The molecule has 0 saturated carbocycles. The van der Waals surface area contributed by atoms with Gasteiger partial charge in [-0.1, -0.05) is 33.6 Å². The van der Waals surface area contributed by atoms with Crippen LogP contribution < -0.4 is 0 Å². The van der Waals surface area contributed by atoms with E-state index in [0.717, 1.165) is 19.3 Å². The molecule has 0 aromatic rings. The first kappa shape index (κ1) is 23.5. The van der Waals surface area contributed by atoms with Gasteiger partial charge in [0.1, 0.15) is 0 Å². The Bertz CT molecular complexity index is 317. The van der Waals surface area contributed by atoms with Crippen LogP contribution >= 0.6 is 15.6 Å². The van der Waals surface area contributed by atoms with Gasteiger partial charge in [0.25, 0.3) is 0 Å². The van der Waals surface area contributed by atoms with Crippen LogP contribution in [0.1, 0.15) is 52.9 Å². The van der Waals surface area contributed by atoms with Crippen molar-refractivity contribution in [2.75, 3.05) is 19.8 Å². The number of hydrogen-bond donors (Lipinski definition) is 3. The summed E-state index contributed by atoms with van der Waals surface area (Å²) in [6.07, 6.45) is 4.20. The van der Waals surface area contributed by atoms with Gasteiger partial charge in [0, 0.05) is 0 Å². The third kappa shape index (κ3) is 22.6. The first-order chi connectivity index (χ1) is 9.68.